The number of hydrogen-bond donors (Lipinski definition) is 1. The van der Waals surface area contributed by atoms with E-state index in [2.05, 4.69) is 4.98 Å². The summed E-state index contributed by atoms with van der Waals surface area (Å²) in [5.41, 5.74) is 2.83. The van der Waals surface area contributed by atoms with E-state index in [0.717, 1.165) is 11.1 Å². The number of benzene rings is 4. The summed E-state index contributed by atoms with van der Waals surface area (Å²) in [5.74, 6) is -4.23. The molecule has 4 amide bonds. The molecule has 51 heavy (non-hydrogen) atoms. The first kappa shape index (κ1) is 31.0. The van der Waals surface area contributed by atoms with E-state index in [9.17, 15) is 24.3 Å². The standard InChI is InChI=1S/C41H33N3O7/c1-41-28(38(47)44(40(41)49)23-9-4-3-5-10-23)21-27-25(35(41)34-30(45)12-8-14-32(34)50-2)19-20-26-33(27)39(48)43(37(26)46)24-17-15-22(16-18-24)36-42-29-11-6-7-13-31(29)51-36/h3-19,26-28,33,35,45H,20-21H2,1-2H3. The van der Waals surface area contributed by atoms with Crippen LogP contribution in [-0.4, -0.2) is 40.8 Å². The van der Waals surface area contributed by atoms with Crippen LogP contribution in [0.1, 0.15) is 31.2 Å². The third-order valence-corrected chi connectivity index (χ3v) is 11.5. The molecule has 0 radical (unpaired) electrons. The Morgan fingerprint density at radius 3 is 2.27 bits per heavy atom. The minimum Gasteiger partial charge on any atom is -0.508 e. The molecule has 6 atom stereocenters. The highest BCUT2D eigenvalue weighted by molar-refractivity contribution is 6.25. The number of aromatic hydroxyl groups is 1. The fraction of sp³-hybridized carbons (Fsp3) is 0.244. The molecule has 3 heterocycles. The summed E-state index contributed by atoms with van der Waals surface area (Å²) in [6.45, 7) is 1.78. The molecule has 5 aromatic rings. The van der Waals surface area contributed by atoms with Gasteiger partial charge in [0, 0.05) is 17.0 Å². The predicted octanol–water partition coefficient (Wildman–Crippen LogP) is 6.64. The van der Waals surface area contributed by atoms with E-state index < -0.39 is 35.0 Å². The number of amides is 4. The minimum atomic E-state index is -1.31. The number of fused-ring (bicyclic) bond motifs is 5. The van der Waals surface area contributed by atoms with Gasteiger partial charge in [0.05, 0.1) is 41.7 Å². The number of methoxy groups -OCH3 is 1. The quantitative estimate of drug-likeness (QED) is 0.162. The number of imide groups is 2. The number of carbonyl (C=O) groups is 4. The molecule has 2 aliphatic heterocycles. The number of ether oxygens (including phenoxy) is 1. The lowest BCUT2D eigenvalue weighted by Gasteiger charge is -2.49. The summed E-state index contributed by atoms with van der Waals surface area (Å²) in [7, 11) is 1.49. The molecule has 10 heteroatoms. The van der Waals surface area contributed by atoms with Gasteiger partial charge in [-0.15, -0.1) is 0 Å². The van der Waals surface area contributed by atoms with E-state index in [-0.39, 0.29) is 42.2 Å². The van der Waals surface area contributed by atoms with Crippen molar-refractivity contribution < 1.29 is 33.4 Å². The van der Waals surface area contributed by atoms with E-state index in [1.165, 1.54) is 16.9 Å². The van der Waals surface area contributed by atoms with Gasteiger partial charge < -0.3 is 14.3 Å². The summed E-state index contributed by atoms with van der Waals surface area (Å²) in [5, 5.41) is 11.4. The van der Waals surface area contributed by atoms with Crippen molar-refractivity contribution in [3.63, 3.8) is 0 Å². The average Bonchev–Trinajstić information content (AvgIpc) is 3.76. The van der Waals surface area contributed by atoms with Crippen LogP contribution in [0.4, 0.5) is 11.4 Å². The Hall–Kier alpha value is -6.03. The van der Waals surface area contributed by atoms with Gasteiger partial charge in [0.25, 0.3) is 0 Å². The molecule has 10 nitrogen and oxygen atoms in total. The lowest BCUT2D eigenvalue weighted by atomic mass is 9.51. The summed E-state index contributed by atoms with van der Waals surface area (Å²) < 4.78 is 11.7. The predicted molar refractivity (Wildman–Crippen MR) is 188 cm³/mol. The number of anilines is 2. The first-order valence-corrected chi connectivity index (χ1v) is 17.1. The lowest BCUT2D eigenvalue weighted by Crippen LogP contribution is -2.49. The van der Waals surface area contributed by atoms with E-state index in [0.29, 0.717) is 39.7 Å². The van der Waals surface area contributed by atoms with Gasteiger partial charge in [0.15, 0.2) is 5.58 Å². The highest BCUT2D eigenvalue weighted by Crippen LogP contribution is 2.65. The van der Waals surface area contributed by atoms with Gasteiger partial charge in [-0.25, -0.2) is 9.88 Å². The van der Waals surface area contributed by atoms with Crippen LogP contribution in [0.3, 0.4) is 0 Å². The summed E-state index contributed by atoms with van der Waals surface area (Å²) in [6, 6.07) is 28.2. The van der Waals surface area contributed by atoms with Crippen LogP contribution >= 0.6 is 0 Å². The Labute approximate surface area is 292 Å². The van der Waals surface area contributed by atoms with Crippen molar-refractivity contribution in [1.82, 2.24) is 4.98 Å². The molecule has 1 saturated carbocycles. The van der Waals surface area contributed by atoms with Crippen LogP contribution < -0.4 is 14.5 Å². The molecule has 6 unspecified atom stereocenters. The van der Waals surface area contributed by atoms with Crippen molar-refractivity contribution in [1.29, 1.82) is 0 Å². The molecule has 254 valence electrons. The van der Waals surface area contributed by atoms with Gasteiger partial charge in [-0.3, -0.25) is 24.1 Å². The number of nitrogens with zero attached hydrogens (tertiary/aromatic N) is 3. The van der Waals surface area contributed by atoms with Crippen molar-refractivity contribution in [3.8, 4) is 23.0 Å². The van der Waals surface area contributed by atoms with Crippen LogP contribution in [0.5, 0.6) is 11.5 Å². The maximum Gasteiger partial charge on any atom is 0.241 e. The molecule has 4 aliphatic rings. The van der Waals surface area contributed by atoms with E-state index in [1.807, 2.05) is 36.4 Å². The van der Waals surface area contributed by atoms with Gasteiger partial charge in [-0.05, 0) is 86.3 Å². The lowest BCUT2D eigenvalue weighted by molar-refractivity contribution is -0.131. The molecule has 1 aromatic heterocycles. The number of hydrogen-bond acceptors (Lipinski definition) is 8. The van der Waals surface area contributed by atoms with Gasteiger partial charge in [-0.2, -0.15) is 0 Å². The Morgan fingerprint density at radius 2 is 1.53 bits per heavy atom. The average molecular weight is 680 g/mol. The second-order valence-corrected chi connectivity index (χ2v) is 13.9. The topological polar surface area (TPSA) is 130 Å². The van der Waals surface area contributed by atoms with Gasteiger partial charge >= 0.3 is 0 Å². The largest absolute Gasteiger partial charge is 0.508 e. The number of phenolic OH excluding ortho intramolecular Hbond substituents is 1. The van der Waals surface area contributed by atoms with Crippen molar-refractivity contribution >= 4 is 46.1 Å². The fourth-order valence-corrected chi connectivity index (χ4v) is 9.15. The van der Waals surface area contributed by atoms with Crippen LogP contribution in [0, 0.1) is 29.1 Å². The fourth-order valence-electron chi connectivity index (χ4n) is 9.15. The molecular formula is C41H33N3O7. The summed E-state index contributed by atoms with van der Waals surface area (Å²) in [4.78, 5) is 64.7. The van der Waals surface area contributed by atoms with Gasteiger partial charge in [0.1, 0.15) is 17.0 Å². The molecule has 4 aromatic carbocycles. The zero-order valence-electron chi connectivity index (χ0n) is 27.9. The van der Waals surface area contributed by atoms with Crippen molar-refractivity contribution in [2.45, 2.75) is 25.7 Å². The van der Waals surface area contributed by atoms with Gasteiger partial charge in [-0.1, -0.05) is 48.0 Å². The maximum absolute atomic E-state index is 14.6. The van der Waals surface area contributed by atoms with Crippen molar-refractivity contribution in [3.05, 3.63) is 114 Å². The molecule has 9 rings (SSSR count). The zero-order valence-corrected chi connectivity index (χ0v) is 27.9. The van der Waals surface area contributed by atoms with Crippen LogP contribution in [0.15, 0.2) is 113 Å². The SMILES string of the molecule is COc1cccc(O)c1C1C2=CCC3C(=O)N(c4ccc(-c5nc6ccccc6o5)cc4)C(=O)C3C2CC2C(=O)N(c3ccccc3)C(=O)C21C. The molecule has 2 saturated heterocycles. The second kappa shape index (κ2) is 11.2. The third kappa shape index (κ3) is 4.32. The number of allylic oxidation sites excluding steroid dienone is 2. The highest BCUT2D eigenvalue weighted by Gasteiger charge is 2.68. The van der Waals surface area contributed by atoms with Gasteiger partial charge in [0.2, 0.25) is 29.5 Å². The van der Waals surface area contributed by atoms with Crippen molar-refractivity contribution in [2.24, 2.45) is 29.1 Å². The molecule has 0 bridgehead atoms. The molecule has 3 fully saturated rings. The molecule has 1 N–H and O–H groups in total. The Kier molecular flexibility index (Phi) is 6.83. The number of rotatable bonds is 5. The molecule has 0 spiro atoms. The number of phenols is 1. The number of oxazole rings is 1. The van der Waals surface area contributed by atoms with E-state index in [4.69, 9.17) is 9.15 Å². The Balaban J connectivity index is 1.12. The van der Waals surface area contributed by atoms with Crippen LogP contribution in [0.25, 0.3) is 22.6 Å². The molecule has 2 aliphatic carbocycles. The first-order valence-electron chi connectivity index (χ1n) is 17.1. The smallest absolute Gasteiger partial charge is 0.241 e. The Morgan fingerprint density at radius 1 is 0.804 bits per heavy atom. The van der Waals surface area contributed by atoms with E-state index >= 15 is 0 Å². The highest BCUT2D eigenvalue weighted by atomic mass is 16.5. The number of aromatic nitrogens is 1. The summed E-state index contributed by atoms with van der Waals surface area (Å²) in [6.07, 6.45) is 2.43. The van der Waals surface area contributed by atoms with Crippen molar-refractivity contribution in [2.75, 3.05) is 16.9 Å². The maximum atomic E-state index is 14.6. The first-order chi connectivity index (χ1) is 24.7. The number of para-hydroxylation sites is 3. The normalized spacial score (nSPS) is 27.0. The third-order valence-electron chi connectivity index (χ3n) is 11.5. The number of carbonyl (C=O) groups excluding carboxylic acids is 4. The van der Waals surface area contributed by atoms with Crippen LogP contribution in [-0.2, 0) is 19.2 Å². The zero-order chi connectivity index (χ0) is 35.2. The monoisotopic (exact) mass is 679 g/mol. The molecular weight excluding hydrogens is 646 g/mol. The Bertz CT molecular complexity index is 2280. The van der Waals surface area contributed by atoms with E-state index in [1.54, 1.807) is 73.7 Å². The second-order valence-electron chi connectivity index (χ2n) is 13.9. The van der Waals surface area contributed by atoms with Crippen LogP contribution in [0.2, 0.25) is 0 Å². The summed E-state index contributed by atoms with van der Waals surface area (Å²) >= 11 is 0. The minimum absolute atomic E-state index is 0.0732.